The van der Waals surface area contributed by atoms with E-state index in [1.54, 1.807) is 6.92 Å². The third-order valence-corrected chi connectivity index (χ3v) is 6.49. The van der Waals surface area contributed by atoms with Gasteiger partial charge in [0, 0.05) is 13.0 Å². The Morgan fingerprint density at radius 1 is 0.882 bits per heavy atom. The number of benzene rings is 3. The van der Waals surface area contributed by atoms with Gasteiger partial charge in [-0.15, -0.1) is 0 Å². The lowest BCUT2D eigenvalue weighted by Gasteiger charge is -2.17. The summed E-state index contributed by atoms with van der Waals surface area (Å²) in [7, 11) is 0. The first-order valence-corrected chi connectivity index (χ1v) is 12.0. The normalized spacial score (nSPS) is 13.6. The highest BCUT2D eigenvalue weighted by atomic mass is 16.5. The van der Waals surface area contributed by atoms with Crippen LogP contribution in [0.2, 0.25) is 0 Å². The van der Waals surface area contributed by atoms with Crippen LogP contribution in [-0.4, -0.2) is 30.4 Å². The molecule has 0 aliphatic heterocycles. The van der Waals surface area contributed by atoms with Gasteiger partial charge in [0.1, 0.15) is 5.75 Å². The molecule has 0 saturated carbocycles. The summed E-state index contributed by atoms with van der Waals surface area (Å²) in [4.78, 5) is 10.9. The molecular formula is C30H32O4. The summed E-state index contributed by atoms with van der Waals surface area (Å²) in [6, 6.07) is 25.4. The average molecular weight is 457 g/mol. The van der Waals surface area contributed by atoms with Crippen LogP contribution in [0.5, 0.6) is 5.75 Å². The van der Waals surface area contributed by atoms with Crippen molar-refractivity contribution in [2.45, 2.75) is 45.1 Å². The van der Waals surface area contributed by atoms with E-state index >= 15 is 0 Å². The van der Waals surface area contributed by atoms with Crippen molar-refractivity contribution in [3.63, 3.8) is 0 Å². The Kier molecular flexibility index (Phi) is 7.81. The first kappa shape index (κ1) is 23.8. The van der Waals surface area contributed by atoms with Crippen LogP contribution in [0.25, 0.3) is 16.7 Å². The van der Waals surface area contributed by atoms with Crippen LogP contribution in [0.15, 0.2) is 78.9 Å². The monoisotopic (exact) mass is 456 g/mol. The maximum atomic E-state index is 10.9. The van der Waals surface area contributed by atoms with Crippen molar-refractivity contribution >= 4 is 11.5 Å². The highest BCUT2D eigenvalue weighted by Crippen LogP contribution is 2.43. The maximum absolute atomic E-state index is 10.9. The van der Waals surface area contributed by atoms with Gasteiger partial charge in [-0.25, -0.2) is 4.79 Å². The molecule has 3 aromatic carbocycles. The van der Waals surface area contributed by atoms with E-state index in [4.69, 9.17) is 14.6 Å². The zero-order chi connectivity index (χ0) is 23.9. The van der Waals surface area contributed by atoms with Gasteiger partial charge in [0.2, 0.25) is 0 Å². The summed E-state index contributed by atoms with van der Waals surface area (Å²) in [5, 5.41) is 8.95. The van der Waals surface area contributed by atoms with Crippen LogP contribution in [0.1, 0.15) is 55.7 Å². The molecule has 176 valence electrons. The van der Waals surface area contributed by atoms with Gasteiger partial charge >= 0.3 is 5.97 Å². The summed E-state index contributed by atoms with van der Waals surface area (Å²) in [6.45, 7) is 4.76. The SMILES string of the molecule is CCC(CCOC(C)C(=O)O)c1ccc(OCCC=C2c3ccccc3-c3ccccc32)cc1. The molecule has 0 heterocycles. The Hall–Kier alpha value is -3.37. The molecule has 4 rings (SSSR count). The Labute approximate surface area is 201 Å². The van der Waals surface area contributed by atoms with E-state index in [0.29, 0.717) is 19.1 Å². The minimum Gasteiger partial charge on any atom is -0.493 e. The number of rotatable bonds is 11. The molecule has 4 nitrogen and oxygen atoms in total. The molecule has 3 aromatic rings. The molecule has 0 amide bonds. The number of hydrogen-bond donors (Lipinski definition) is 1. The Balaban J connectivity index is 1.32. The smallest absolute Gasteiger partial charge is 0.332 e. The van der Waals surface area contributed by atoms with Crippen molar-refractivity contribution in [1.82, 2.24) is 0 Å². The van der Waals surface area contributed by atoms with Crippen molar-refractivity contribution in [2.24, 2.45) is 0 Å². The first-order chi connectivity index (χ1) is 16.6. The van der Waals surface area contributed by atoms with Gasteiger partial charge in [0.15, 0.2) is 6.10 Å². The number of aliphatic carboxylic acids is 1. The van der Waals surface area contributed by atoms with E-state index in [-0.39, 0.29) is 0 Å². The van der Waals surface area contributed by atoms with Gasteiger partial charge in [-0.1, -0.05) is 73.7 Å². The van der Waals surface area contributed by atoms with Gasteiger partial charge in [0.05, 0.1) is 6.61 Å². The van der Waals surface area contributed by atoms with Gasteiger partial charge < -0.3 is 14.6 Å². The fraction of sp³-hybridized carbons (Fsp3) is 0.300. The van der Waals surface area contributed by atoms with E-state index in [9.17, 15) is 4.79 Å². The quantitative estimate of drug-likeness (QED) is 0.248. The van der Waals surface area contributed by atoms with Crippen LogP contribution in [-0.2, 0) is 9.53 Å². The number of hydrogen-bond acceptors (Lipinski definition) is 3. The summed E-state index contributed by atoms with van der Waals surface area (Å²) in [5.41, 5.74) is 7.70. The number of carbonyl (C=O) groups is 1. The first-order valence-electron chi connectivity index (χ1n) is 12.0. The zero-order valence-electron chi connectivity index (χ0n) is 19.9. The highest BCUT2D eigenvalue weighted by Gasteiger charge is 2.21. The van der Waals surface area contributed by atoms with Crippen molar-refractivity contribution in [2.75, 3.05) is 13.2 Å². The van der Waals surface area contributed by atoms with Crippen LogP contribution in [0, 0.1) is 0 Å². The molecule has 0 spiro atoms. The number of fused-ring (bicyclic) bond motifs is 3. The van der Waals surface area contributed by atoms with Gasteiger partial charge in [-0.2, -0.15) is 0 Å². The van der Waals surface area contributed by atoms with E-state index in [1.807, 2.05) is 12.1 Å². The molecule has 0 fully saturated rings. The third kappa shape index (κ3) is 5.40. The third-order valence-electron chi connectivity index (χ3n) is 6.49. The Morgan fingerprint density at radius 2 is 1.47 bits per heavy atom. The number of carboxylic acids is 1. The molecule has 2 atom stereocenters. The summed E-state index contributed by atoms with van der Waals surface area (Å²) >= 11 is 0. The van der Waals surface area contributed by atoms with Gasteiger partial charge in [-0.05, 0) is 71.2 Å². The predicted molar refractivity (Wildman–Crippen MR) is 136 cm³/mol. The summed E-state index contributed by atoms with van der Waals surface area (Å²) < 4.78 is 11.4. The highest BCUT2D eigenvalue weighted by molar-refractivity contribution is 6.01. The molecular weight excluding hydrogens is 424 g/mol. The van der Waals surface area contributed by atoms with E-state index in [0.717, 1.165) is 25.0 Å². The molecule has 0 radical (unpaired) electrons. The van der Waals surface area contributed by atoms with E-state index in [2.05, 4.69) is 73.7 Å². The van der Waals surface area contributed by atoms with Crippen LogP contribution in [0.3, 0.4) is 0 Å². The minimum atomic E-state index is -0.924. The number of ether oxygens (including phenoxy) is 2. The Morgan fingerprint density at radius 3 is 2.03 bits per heavy atom. The van der Waals surface area contributed by atoms with Gasteiger partial charge in [-0.3, -0.25) is 0 Å². The second-order valence-electron chi connectivity index (χ2n) is 8.66. The minimum absolute atomic E-state index is 0.335. The average Bonchev–Trinajstić information content (AvgIpc) is 3.18. The molecule has 4 heteroatoms. The van der Waals surface area contributed by atoms with Crippen LogP contribution in [0.4, 0.5) is 0 Å². The van der Waals surface area contributed by atoms with Crippen LogP contribution < -0.4 is 4.74 Å². The molecule has 1 N–H and O–H groups in total. The summed E-state index contributed by atoms with van der Waals surface area (Å²) in [6.07, 6.45) is 4.11. The molecule has 0 bridgehead atoms. The predicted octanol–water partition coefficient (Wildman–Crippen LogP) is 6.94. The lowest BCUT2D eigenvalue weighted by molar-refractivity contribution is -0.149. The molecule has 1 aliphatic carbocycles. The second kappa shape index (κ2) is 11.2. The maximum Gasteiger partial charge on any atom is 0.332 e. The van der Waals surface area contributed by atoms with E-state index < -0.39 is 12.1 Å². The van der Waals surface area contributed by atoms with Crippen LogP contribution >= 0.6 is 0 Å². The van der Waals surface area contributed by atoms with Crippen molar-refractivity contribution in [3.8, 4) is 16.9 Å². The number of carboxylic acid groups (broad SMARTS) is 1. The summed E-state index contributed by atoms with van der Waals surface area (Å²) in [5.74, 6) is 0.272. The lowest BCUT2D eigenvalue weighted by atomic mass is 9.93. The van der Waals surface area contributed by atoms with Gasteiger partial charge in [0.25, 0.3) is 0 Å². The lowest BCUT2D eigenvalue weighted by Crippen LogP contribution is -2.21. The Bertz CT molecular complexity index is 1100. The zero-order valence-corrected chi connectivity index (χ0v) is 19.9. The van der Waals surface area contributed by atoms with E-state index in [1.165, 1.54) is 33.4 Å². The fourth-order valence-electron chi connectivity index (χ4n) is 4.55. The van der Waals surface area contributed by atoms with Crippen molar-refractivity contribution in [1.29, 1.82) is 0 Å². The molecule has 0 aromatic heterocycles. The fourth-order valence-corrected chi connectivity index (χ4v) is 4.55. The van der Waals surface area contributed by atoms with Crippen molar-refractivity contribution in [3.05, 3.63) is 95.6 Å². The van der Waals surface area contributed by atoms with Crippen molar-refractivity contribution < 1.29 is 19.4 Å². The molecule has 2 unspecified atom stereocenters. The molecule has 1 aliphatic rings. The standard InChI is InChI=1S/C30H32O4/c1-3-22(18-20-33-21(2)30(31)32)23-14-16-24(17-15-23)34-19-8-13-29-27-11-6-4-9-25(27)26-10-5-7-12-28(26)29/h4-7,9-17,21-22H,3,8,18-20H2,1-2H3,(H,31,32). The molecule has 34 heavy (non-hydrogen) atoms. The largest absolute Gasteiger partial charge is 0.493 e. The molecule has 0 saturated heterocycles. The topological polar surface area (TPSA) is 55.8 Å². The second-order valence-corrected chi connectivity index (χ2v) is 8.66.